The molecule has 0 aliphatic carbocycles. The van der Waals surface area contributed by atoms with Crippen molar-refractivity contribution in [1.29, 1.82) is 0 Å². The number of halogens is 2. The zero-order valence-corrected chi connectivity index (χ0v) is 13.0. The number of nitrogens with one attached hydrogen (secondary N) is 1. The van der Waals surface area contributed by atoms with E-state index in [2.05, 4.69) is 15.0 Å². The molecule has 0 spiro atoms. The number of carbonyl (C=O) groups excluding carboxylic acids is 1. The minimum atomic E-state index is -3.97. The lowest BCUT2D eigenvalue weighted by Gasteiger charge is -2.45. The number of carboxylic acids is 1. The zero-order chi connectivity index (χ0) is 19.5. The van der Waals surface area contributed by atoms with Gasteiger partial charge in [-0.15, -0.1) is 0 Å². The summed E-state index contributed by atoms with van der Waals surface area (Å²) in [6, 6.07) is -3.64. The molecule has 0 bridgehead atoms. The largest absolute Gasteiger partial charge is 0.477 e. The number of alkyl halides is 2. The standard InChI is InChI=1S/C12H20F2N4O7/c1-3(20)17-5-6(18-11(15)16)9(13)12(14,10(23)24)25-8(5)7(22)4(21)2-19/h4-9,19,21-22H,2H2,1H3,(H,17,20)(H,23,24)(H4,15,16,18). The summed E-state index contributed by atoms with van der Waals surface area (Å²) in [4.78, 5) is 25.9. The molecule has 7 atom stereocenters. The van der Waals surface area contributed by atoms with Gasteiger partial charge in [0.1, 0.15) is 24.4 Å². The number of nitrogens with two attached hydrogens (primary N) is 2. The molecule has 0 aromatic carbocycles. The van der Waals surface area contributed by atoms with Crippen LogP contribution in [-0.2, 0) is 14.3 Å². The minimum Gasteiger partial charge on any atom is -0.477 e. The SMILES string of the molecule is CC(=O)NC1C(N=C(N)N)C(F)C(F)(C(=O)O)OC1C(O)C(O)CO. The van der Waals surface area contributed by atoms with Gasteiger partial charge in [0, 0.05) is 6.92 Å². The number of aliphatic hydroxyl groups is 3. The van der Waals surface area contributed by atoms with Crippen molar-refractivity contribution < 1.29 is 43.5 Å². The van der Waals surface area contributed by atoms with Crippen molar-refractivity contribution in [3.8, 4) is 0 Å². The van der Waals surface area contributed by atoms with Crippen LogP contribution >= 0.6 is 0 Å². The van der Waals surface area contributed by atoms with Crippen molar-refractivity contribution in [2.75, 3.05) is 6.61 Å². The van der Waals surface area contributed by atoms with Crippen molar-refractivity contribution in [3.05, 3.63) is 0 Å². The second-order valence-electron chi connectivity index (χ2n) is 5.45. The summed E-state index contributed by atoms with van der Waals surface area (Å²) in [7, 11) is 0. The molecule has 0 aromatic heterocycles. The molecule has 25 heavy (non-hydrogen) atoms. The minimum absolute atomic E-state index is 0.742. The van der Waals surface area contributed by atoms with E-state index in [9.17, 15) is 28.6 Å². The van der Waals surface area contributed by atoms with Crippen molar-refractivity contribution in [2.24, 2.45) is 16.5 Å². The first-order chi connectivity index (χ1) is 11.5. The molecule has 0 saturated carbocycles. The molecule has 1 aliphatic rings. The molecular formula is C12H20F2N4O7. The number of carbonyl (C=O) groups is 2. The van der Waals surface area contributed by atoms with Gasteiger partial charge in [-0.2, -0.15) is 4.39 Å². The van der Waals surface area contributed by atoms with E-state index < -0.39 is 66.9 Å². The number of hydrogen-bond donors (Lipinski definition) is 7. The third-order valence-corrected chi connectivity index (χ3v) is 3.56. The highest BCUT2D eigenvalue weighted by Crippen LogP contribution is 2.37. The lowest BCUT2D eigenvalue weighted by molar-refractivity contribution is -0.276. The number of ether oxygens (including phenoxy) is 1. The van der Waals surface area contributed by atoms with Crippen LogP contribution in [-0.4, -0.2) is 87.3 Å². The smallest absolute Gasteiger partial charge is 0.372 e. The monoisotopic (exact) mass is 370 g/mol. The summed E-state index contributed by atoms with van der Waals surface area (Å²) in [5, 5.41) is 39.5. The number of carboxylic acid groups (broad SMARTS) is 1. The molecule has 1 rings (SSSR count). The molecule has 0 radical (unpaired) electrons. The maximum atomic E-state index is 14.6. The van der Waals surface area contributed by atoms with E-state index in [4.69, 9.17) is 21.7 Å². The number of rotatable bonds is 6. The summed E-state index contributed by atoms with van der Waals surface area (Å²) < 4.78 is 33.6. The fourth-order valence-corrected chi connectivity index (χ4v) is 2.43. The van der Waals surface area contributed by atoms with E-state index in [1.165, 1.54) is 0 Å². The Balaban J connectivity index is 3.44. The Hall–Kier alpha value is -2.09. The Morgan fingerprint density at radius 2 is 1.96 bits per heavy atom. The maximum Gasteiger partial charge on any atom is 0.372 e. The van der Waals surface area contributed by atoms with Crippen LogP contribution in [0.2, 0.25) is 0 Å². The molecule has 7 unspecified atom stereocenters. The highest BCUT2D eigenvalue weighted by Gasteiger charge is 2.63. The third-order valence-electron chi connectivity index (χ3n) is 3.56. The molecule has 1 heterocycles. The summed E-state index contributed by atoms with van der Waals surface area (Å²) in [5.41, 5.74) is 10.3. The van der Waals surface area contributed by atoms with Crippen molar-refractivity contribution in [3.63, 3.8) is 0 Å². The second-order valence-corrected chi connectivity index (χ2v) is 5.45. The van der Waals surface area contributed by atoms with Gasteiger partial charge in [-0.3, -0.25) is 4.79 Å². The predicted molar refractivity (Wildman–Crippen MR) is 77.5 cm³/mol. The van der Waals surface area contributed by atoms with Crippen LogP contribution in [0, 0.1) is 0 Å². The van der Waals surface area contributed by atoms with Crippen LogP contribution in [0.15, 0.2) is 4.99 Å². The van der Waals surface area contributed by atoms with Crippen molar-refractivity contribution in [1.82, 2.24) is 5.32 Å². The molecule has 144 valence electrons. The van der Waals surface area contributed by atoms with Crippen LogP contribution < -0.4 is 16.8 Å². The molecule has 9 N–H and O–H groups in total. The lowest BCUT2D eigenvalue weighted by Crippen LogP contribution is -2.71. The van der Waals surface area contributed by atoms with Gasteiger partial charge in [0.2, 0.25) is 5.91 Å². The number of aliphatic hydroxyl groups excluding tert-OH is 3. The average Bonchev–Trinajstić information content (AvgIpc) is 2.51. The van der Waals surface area contributed by atoms with Crippen molar-refractivity contribution in [2.45, 2.75) is 49.3 Å². The van der Waals surface area contributed by atoms with Gasteiger partial charge in [-0.05, 0) is 0 Å². The topological polar surface area (TPSA) is 201 Å². The van der Waals surface area contributed by atoms with Crippen LogP contribution in [0.4, 0.5) is 8.78 Å². The molecule has 13 heteroatoms. The van der Waals surface area contributed by atoms with Crippen LogP contribution in [0.5, 0.6) is 0 Å². The van der Waals surface area contributed by atoms with Gasteiger partial charge in [0.25, 0.3) is 0 Å². The summed E-state index contributed by atoms with van der Waals surface area (Å²) in [6.45, 7) is -0.00752. The molecule has 1 saturated heterocycles. The van der Waals surface area contributed by atoms with E-state index >= 15 is 0 Å². The van der Waals surface area contributed by atoms with Crippen LogP contribution in [0.25, 0.3) is 0 Å². The fraction of sp³-hybridized carbons (Fsp3) is 0.750. The summed E-state index contributed by atoms with van der Waals surface area (Å²) in [6.07, 6.45) is -8.96. The number of aliphatic carboxylic acids is 1. The summed E-state index contributed by atoms with van der Waals surface area (Å²) in [5.74, 6) is -7.87. The van der Waals surface area contributed by atoms with Crippen molar-refractivity contribution >= 4 is 17.8 Å². The van der Waals surface area contributed by atoms with E-state index in [1.807, 2.05) is 0 Å². The van der Waals surface area contributed by atoms with Crippen LogP contribution in [0.3, 0.4) is 0 Å². The average molecular weight is 370 g/mol. The normalized spacial score (nSPS) is 34.6. The Kier molecular flexibility index (Phi) is 6.59. The van der Waals surface area contributed by atoms with Crippen LogP contribution in [0.1, 0.15) is 6.92 Å². The number of hydrogen-bond acceptors (Lipinski definition) is 7. The third kappa shape index (κ3) is 4.31. The van der Waals surface area contributed by atoms with Gasteiger partial charge in [0.05, 0.1) is 12.6 Å². The highest BCUT2D eigenvalue weighted by molar-refractivity contribution is 5.79. The summed E-state index contributed by atoms with van der Waals surface area (Å²) >= 11 is 0. The highest BCUT2D eigenvalue weighted by atomic mass is 19.2. The van der Waals surface area contributed by atoms with Gasteiger partial charge in [-0.25, -0.2) is 14.2 Å². The van der Waals surface area contributed by atoms with Gasteiger partial charge in [0.15, 0.2) is 12.1 Å². The Morgan fingerprint density at radius 3 is 2.36 bits per heavy atom. The second kappa shape index (κ2) is 7.86. The van der Waals surface area contributed by atoms with E-state index in [-0.39, 0.29) is 0 Å². The van der Waals surface area contributed by atoms with E-state index in [0.717, 1.165) is 6.92 Å². The van der Waals surface area contributed by atoms with Gasteiger partial charge < -0.3 is 41.9 Å². The first-order valence-electron chi connectivity index (χ1n) is 7.02. The van der Waals surface area contributed by atoms with E-state index in [1.54, 1.807) is 0 Å². The number of aliphatic imine (C=N–C) groups is 1. The molecule has 0 aromatic rings. The number of amides is 1. The zero-order valence-electron chi connectivity index (χ0n) is 13.0. The molecular weight excluding hydrogens is 350 g/mol. The Labute approximate surface area is 140 Å². The molecule has 1 aliphatic heterocycles. The van der Waals surface area contributed by atoms with Gasteiger partial charge >= 0.3 is 11.8 Å². The lowest BCUT2D eigenvalue weighted by atomic mass is 9.86. The Bertz CT molecular complexity index is 548. The first-order valence-corrected chi connectivity index (χ1v) is 7.02. The Morgan fingerprint density at radius 1 is 1.40 bits per heavy atom. The molecule has 1 fully saturated rings. The number of nitrogens with zero attached hydrogens (tertiary/aromatic N) is 1. The molecule has 1 amide bonds. The maximum absolute atomic E-state index is 14.6. The predicted octanol–water partition coefficient (Wildman–Crippen LogP) is -3.67. The molecule has 11 nitrogen and oxygen atoms in total. The van der Waals surface area contributed by atoms with E-state index in [0.29, 0.717) is 0 Å². The number of guanidine groups is 1. The fourth-order valence-electron chi connectivity index (χ4n) is 2.43. The van der Waals surface area contributed by atoms with Gasteiger partial charge in [-0.1, -0.05) is 0 Å². The quantitative estimate of drug-likeness (QED) is 0.182. The first kappa shape index (κ1) is 21.0.